The molecule has 10 bridgehead atoms. The Morgan fingerprint density at radius 2 is 0.276 bits per heavy atom. The van der Waals surface area contributed by atoms with Gasteiger partial charge < -0.3 is 0 Å². The molecule has 0 heterocycles. The highest BCUT2D eigenvalue weighted by Crippen LogP contribution is 2.38. The first-order chi connectivity index (χ1) is 50.7. The fraction of sp³-hybridized carbons (Fsp3) is 0.600. The van der Waals surface area contributed by atoms with Gasteiger partial charge in [0, 0.05) is 115 Å². The molecule has 10 atom stereocenters. The van der Waals surface area contributed by atoms with Gasteiger partial charge in [0.15, 0.2) is 0 Å². The lowest BCUT2D eigenvalue weighted by Gasteiger charge is -2.25. The highest BCUT2D eigenvalue weighted by atomic mass is 15.2. The van der Waals surface area contributed by atoms with Gasteiger partial charge in [-0.3, -0.25) is 0 Å². The van der Waals surface area contributed by atoms with Crippen molar-refractivity contribution >= 4 is 0 Å². The van der Waals surface area contributed by atoms with Gasteiger partial charge in [-0.1, -0.05) is 181 Å². The van der Waals surface area contributed by atoms with Crippen LogP contribution in [0.5, 0.6) is 0 Å². The number of hydrogen-bond acceptors (Lipinski definition) is 10. The maximum absolute atomic E-state index is 9.68. The third-order valence-corrected chi connectivity index (χ3v) is 19.8. The second kappa shape index (κ2) is 44.0. The normalized spacial score (nSPS) is 14.4. The summed E-state index contributed by atoms with van der Waals surface area (Å²) in [5, 5.41) is 40.7. The first kappa shape index (κ1) is 83.1. The highest BCUT2D eigenvalue weighted by molar-refractivity contribution is 5.53. The van der Waals surface area contributed by atoms with Gasteiger partial charge in [-0.15, -0.1) is 0 Å². The lowest BCUT2D eigenvalue weighted by Crippen LogP contribution is -2.15. The average Bonchev–Trinajstić information content (AvgIpc) is 0.993. The van der Waals surface area contributed by atoms with E-state index < -0.39 is 0 Å². The first-order valence-corrected chi connectivity index (χ1v) is 36.4. The van der Waals surface area contributed by atoms with Crippen molar-refractivity contribution in [3.05, 3.63) is 276 Å². The summed E-state index contributed by atoms with van der Waals surface area (Å²) in [5.74, 6) is -0.839. The molecule has 30 heteroatoms. The Labute approximate surface area is 614 Å². The predicted molar refractivity (Wildman–Crippen MR) is 415 cm³/mol. The Balaban J connectivity index is 1.94. The first-order valence-electron chi connectivity index (χ1n) is 36.4. The molecule has 10 unspecified atom stereocenters. The van der Waals surface area contributed by atoms with Gasteiger partial charge in [-0.05, 0) is 322 Å². The van der Waals surface area contributed by atoms with E-state index in [1.807, 2.05) is 0 Å². The molecule has 105 heavy (non-hydrogen) atoms. The Morgan fingerprint density at radius 3 is 0.352 bits per heavy atom. The molecule has 0 radical (unpaired) electrons. The van der Waals surface area contributed by atoms with E-state index in [1.54, 1.807) is 0 Å². The van der Waals surface area contributed by atoms with Crippen molar-refractivity contribution in [1.82, 2.24) is 0 Å². The summed E-state index contributed by atoms with van der Waals surface area (Å²) in [6.07, 6.45) is 7.96. The molecule has 0 amide bonds. The van der Waals surface area contributed by atoms with Crippen LogP contribution in [0, 0.1) is 59.2 Å². The summed E-state index contributed by atoms with van der Waals surface area (Å²) < 4.78 is 0. The molecule has 5 aromatic rings. The molecule has 0 aromatic heterocycles. The number of azide groups is 10. The van der Waals surface area contributed by atoms with E-state index in [9.17, 15) is 55.3 Å². The van der Waals surface area contributed by atoms with Crippen LogP contribution in [0.1, 0.15) is 181 Å². The van der Waals surface area contributed by atoms with Gasteiger partial charge in [0.05, 0.1) is 0 Å². The van der Waals surface area contributed by atoms with Gasteiger partial charge in [0.25, 0.3) is 0 Å². The molecule has 15 rings (SSSR count). The van der Waals surface area contributed by atoms with Crippen LogP contribution in [0.4, 0.5) is 0 Å². The summed E-state index contributed by atoms with van der Waals surface area (Å²) >= 11 is 0. The van der Waals surface area contributed by atoms with Crippen molar-refractivity contribution in [2.45, 2.75) is 166 Å². The second-order valence-electron chi connectivity index (χ2n) is 30.1. The molecule has 0 aliphatic heterocycles. The molecule has 5 aromatic carbocycles. The van der Waals surface area contributed by atoms with Gasteiger partial charge in [-0.25, -0.2) is 0 Å². The van der Waals surface area contributed by atoms with E-state index in [0.717, 1.165) is 111 Å². The van der Waals surface area contributed by atoms with E-state index in [4.69, 9.17) is 0 Å². The summed E-state index contributed by atoms with van der Waals surface area (Å²) in [5.41, 5.74) is 118. The number of benzene rings is 5. The van der Waals surface area contributed by atoms with Crippen molar-refractivity contribution in [2.24, 2.45) is 110 Å². The fourth-order valence-corrected chi connectivity index (χ4v) is 14.7. The van der Waals surface area contributed by atoms with Crippen molar-refractivity contribution in [1.29, 1.82) is 0 Å². The maximum atomic E-state index is 9.68. The molecule has 30 nitrogen and oxygen atoms in total. The van der Waals surface area contributed by atoms with Crippen molar-refractivity contribution in [3.8, 4) is 0 Å². The smallest absolute Gasteiger partial charge is 0.0286 e. The summed E-state index contributed by atoms with van der Waals surface area (Å²) in [7, 11) is 0. The highest BCUT2D eigenvalue weighted by Gasteiger charge is 2.26. The number of hydrogen-bond donors (Lipinski definition) is 0. The molecule has 0 spiro atoms. The van der Waals surface area contributed by atoms with Crippen molar-refractivity contribution in [3.63, 3.8) is 0 Å². The van der Waals surface area contributed by atoms with Crippen LogP contribution in [0.15, 0.2) is 112 Å². The molecule has 550 valence electrons. The summed E-state index contributed by atoms with van der Waals surface area (Å²) in [6, 6.07) is 23.2. The van der Waals surface area contributed by atoms with E-state index in [0.29, 0.717) is 96.3 Å². The van der Waals surface area contributed by atoms with Gasteiger partial charge in [-0.2, -0.15) is 0 Å². The standard InChI is InChI=1S/C75H100N30/c1-46(36-86-96-76)11-56-21-67-32-69-25-61(16-51(6)41-91-101-81)71(26-60(69)15-50(5)40-90-100-80)34-73-29-65(20-55(10)45-95-105-85)75(30-64(73)19-54(9)44-94-104-84)35-74-28-62(17-52(7)42-92-102-82)72(27-63(74)18-53(8)43-93-103-83)33-70-24-58(13-48(3)38-88-98-78)68(23-59(70)14-49(4)39-89-99-79)31-66(56)22-57(67)12-47(2)37-87-97-77/h21-30,46-55H,11-20,31-45H2,1-10H3. The van der Waals surface area contributed by atoms with E-state index in [2.05, 4.69) is 230 Å². The van der Waals surface area contributed by atoms with Crippen LogP contribution in [0.25, 0.3) is 104 Å². The molecule has 0 saturated carbocycles. The zero-order valence-electron chi connectivity index (χ0n) is 62.6. The van der Waals surface area contributed by atoms with Crippen LogP contribution >= 0.6 is 0 Å². The molecule has 0 fully saturated rings. The molecule has 10 aliphatic carbocycles. The molecular weight excluding hydrogens is 1320 g/mol. The SMILES string of the molecule is CC(CN=[N+]=[N-])Cc1cc2c(CC(C)CN=[N+]=[N-])cc1Cc1cc(CC(C)CN=[N+]=[N-])c(cc1CC(C)CN=[N+]=[N-])Cc1cc(CC(C)CN=[N+]=[N-])c(cc1CC(C)CN=[N+]=[N-])Cc1cc(CC(C)CN=[N+]=[N-])c(cc1CC(C)CN=[N+]=[N-])Cc1cc(CC(C)CN=[N+]=[N-])c(cc1CC(C)CN=[N+]=[N-])C2. The van der Waals surface area contributed by atoms with Crippen LogP contribution in [-0.4, -0.2) is 65.4 Å². The molecular formula is C75H100N30. The van der Waals surface area contributed by atoms with Gasteiger partial charge in [0.2, 0.25) is 0 Å². The second-order valence-corrected chi connectivity index (χ2v) is 30.1. The minimum absolute atomic E-state index is 0.0839. The summed E-state index contributed by atoms with van der Waals surface area (Å²) in [4.78, 5) is 31.7. The topological polar surface area (TPSA) is 488 Å². The summed E-state index contributed by atoms with van der Waals surface area (Å²) in [6.45, 7) is 23.3. The third-order valence-electron chi connectivity index (χ3n) is 19.8. The van der Waals surface area contributed by atoms with Crippen LogP contribution in [0.3, 0.4) is 0 Å². The van der Waals surface area contributed by atoms with Crippen molar-refractivity contribution in [2.75, 3.05) is 65.4 Å². The molecule has 10 aliphatic rings. The number of rotatable bonds is 40. The zero-order valence-corrected chi connectivity index (χ0v) is 62.6. The van der Waals surface area contributed by atoms with Crippen molar-refractivity contribution < 1.29 is 0 Å². The van der Waals surface area contributed by atoms with Crippen LogP contribution in [-0.2, 0) is 96.3 Å². The minimum atomic E-state index is -0.0839. The minimum Gasteiger partial charge on any atom is -0.0937 e. The Kier molecular flexibility index (Phi) is 34.8. The average molecular weight is 1420 g/mol. The van der Waals surface area contributed by atoms with E-state index in [-0.39, 0.29) is 125 Å². The lowest BCUT2D eigenvalue weighted by atomic mass is 9.80. The Morgan fingerprint density at radius 1 is 0.190 bits per heavy atom. The molecule has 0 N–H and O–H groups in total. The lowest BCUT2D eigenvalue weighted by molar-refractivity contribution is 0.577. The molecule has 0 saturated heterocycles. The quantitative estimate of drug-likeness (QED) is 0.0197. The predicted octanol–water partition coefficient (Wildman–Crippen LogP) is 22.8. The largest absolute Gasteiger partial charge is 0.0937 e. The number of nitrogens with zero attached hydrogens (tertiary/aromatic N) is 30. The Bertz CT molecular complexity index is 3420. The van der Waals surface area contributed by atoms with Gasteiger partial charge >= 0.3 is 0 Å². The maximum Gasteiger partial charge on any atom is 0.0286 e. The van der Waals surface area contributed by atoms with Gasteiger partial charge in [0.1, 0.15) is 0 Å². The van der Waals surface area contributed by atoms with Crippen LogP contribution in [0.2, 0.25) is 0 Å². The Hall–Kier alpha value is -10.8. The third kappa shape index (κ3) is 27.1. The van der Waals surface area contributed by atoms with E-state index >= 15 is 0 Å². The van der Waals surface area contributed by atoms with Crippen LogP contribution < -0.4 is 0 Å². The monoisotopic (exact) mass is 1420 g/mol. The zero-order chi connectivity index (χ0) is 76.2. The fourth-order valence-electron chi connectivity index (χ4n) is 14.7. The van der Waals surface area contributed by atoms with E-state index in [1.165, 1.54) is 0 Å².